The van der Waals surface area contributed by atoms with Crippen LogP contribution in [0.4, 0.5) is 11.4 Å². The Morgan fingerprint density at radius 3 is 2.59 bits per heavy atom. The van der Waals surface area contributed by atoms with Crippen molar-refractivity contribution in [2.75, 3.05) is 12.4 Å². The number of nitrogens with one attached hydrogen (secondary N) is 1. The third-order valence-corrected chi connectivity index (χ3v) is 3.39. The maximum absolute atomic E-state index is 12.2. The van der Waals surface area contributed by atoms with Gasteiger partial charge in [-0.05, 0) is 30.7 Å². The zero-order chi connectivity index (χ0) is 16.3. The molecule has 0 saturated carbocycles. The molecule has 0 aliphatic rings. The van der Waals surface area contributed by atoms with Gasteiger partial charge in [-0.2, -0.15) is 0 Å². The smallest absolute Gasteiger partial charge is 0.271 e. The Bertz CT molecular complexity index is 746. The second-order valence-electron chi connectivity index (χ2n) is 4.56. The first kappa shape index (κ1) is 15.8. The van der Waals surface area contributed by atoms with E-state index in [0.29, 0.717) is 22.0 Å². The number of ether oxygens (including phenoxy) is 1. The largest absolute Gasteiger partial charge is 0.495 e. The predicted molar refractivity (Wildman–Crippen MR) is 83.8 cm³/mol. The molecule has 0 radical (unpaired) electrons. The average Bonchev–Trinajstić information content (AvgIpc) is 2.49. The van der Waals surface area contributed by atoms with E-state index in [1.165, 1.54) is 25.3 Å². The summed E-state index contributed by atoms with van der Waals surface area (Å²) in [7, 11) is 1.48. The fraction of sp³-hybridized carbons (Fsp3) is 0.133. The number of hydrogen-bond acceptors (Lipinski definition) is 4. The van der Waals surface area contributed by atoms with Crippen molar-refractivity contribution >= 4 is 28.9 Å². The minimum absolute atomic E-state index is 0.0892. The summed E-state index contributed by atoms with van der Waals surface area (Å²) >= 11 is 5.98. The molecule has 0 bridgehead atoms. The number of carbonyl (C=O) groups excluding carboxylic acids is 1. The lowest BCUT2D eigenvalue weighted by Gasteiger charge is -2.09. The first-order valence-corrected chi connectivity index (χ1v) is 6.70. The standard InChI is InChI=1S/C15H13ClN2O4/c1-9-3-5-11(18(20)21)8-13(9)17-15(19)10-4-6-14(22-2)12(16)7-10/h3-8H,1-2H3,(H,17,19). The van der Waals surface area contributed by atoms with Crippen LogP contribution in [0.25, 0.3) is 0 Å². The highest BCUT2D eigenvalue weighted by Gasteiger charge is 2.13. The molecule has 0 atom stereocenters. The number of non-ortho nitro benzene ring substituents is 1. The second-order valence-corrected chi connectivity index (χ2v) is 4.97. The summed E-state index contributed by atoms with van der Waals surface area (Å²) in [5.41, 5.74) is 1.34. The molecule has 2 aromatic carbocycles. The van der Waals surface area contributed by atoms with E-state index >= 15 is 0 Å². The van der Waals surface area contributed by atoms with E-state index in [1.807, 2.05) is 0 Å². The lowest BCUT2D eigenvalue weighted by molar-refractivity contribution is -0.384. The fourth-order valence-corrected chi connectivity index (χ4v) is 2.12. The number of aryl methyl sites for hydroxylation is 1. The fourth-order valence-electron chi connectivity index (χ4n) is 1.86. The first-order valence-electron chi connectivity index (χ1n) is 6.32. The number of hydrogen-bond donors (Lipinski definition) is 1. The second kappa shape index (κ2) is 6.44. The molecule has 22 heavy (non-hydrogen) atoms. The Morgan fingerprint density at radius 2 is 2.00 bits per heavy atom. The van der Waals surface area contributed by atoms with Crippen LogP contribution in [0.5, 0.6) is 5.75 Å². The highest BCUT2D eigenvalue weighted by Crippen LogP contribution is 2.26. The van der Waals surface area contributed by atoms with Crippen LogP contribution < -0.4 is 10.1 Å². The van der Waals surface area contributed by atoms with Crippen molar-refractivity contribution in [3.05, 3.63) is 62.7 Å². The number of amides is 1. The van der Waals surface area contributed by atoms with Crippen LogP contribution in [0.1, 0.15) is 15.9 Å². The van der Waals surface area contributed by atoms with E-state index in [0.717, 1.165) is 5.56 Å². The summed E-state index contributed by atoms with van der Waals surface area (Å²) in [6.45, 7) is 1.75. The quantitative estimate of drug-likeness (QED) is 0.686. The van der Waals surface area contributed by atoms with Gasteiger partial charge in [0.2, 0.25) is 0 Å². The zero-order valence-corrected chi connectivity index (χ0v) is 12.7. The van der Waals surface area contributed by atoms with Gasteiger partial charge in [-0.25, -0.2) is 0 Å². The van der Waals surface area contributed by atoms with Gasteiger partial charge in [0.1, 0.15) is 5.75 Å². The number of halogens is 1. The Kier molecular flexibility index (Phi) is 4.62. The summed E-state index contributed by atoms with van der Waals surface area (Å²) in [5.74, 6) is 0.0536. The van der Waals surface area contributed by atoms with E-state index in [-0.39, 0.29) is 5.69 Å². The van der Waals surface area contributed by atoms with Gasteiger partial charge in [-0.1, -0.05) is 17.7 Å². The number of benzene rings is 2. The van der Waals surface area contributed by atoms with Crippen LogP contribution in [0.15, 0.2) is 36.4 Å². The summed E-state index contributed by atoms with van der Waals surface area (Å²) < 4.78 is 5.02. The number of anilines is 1. The van der Waals surface area contributed by atoms with Gasteiger partial charge in [0.05, 0.1) is 22.7 Å². The zero-order valence-electron chi connectivity index (χ0n) is 11.9. The van der Waals surface area contributed by atoms with Crippen LogP contribution in [0, 0.1) is 17.0 Å². The lowest BCUT2D eigenvalue weighted by Crippen LogP contribution is -2.13. The molecular weight excluding hydrogens is 308 g/mol. The normalized spacial score (nSPS) is 10.1. The van der Waals surface area contributed by atoms with Crippen LogP contribution in [0.2, 0.25) is 5.02 Å². The Morgan fingerprint density at radius 1 is 1.27 bits per heavy atom. The minimum Gasteiger partial charge on any atom is -0.495 e. The van der Waals surface area contributed by atoms with E-state index in [1.54, 1.807) is 25.1 Å². The first-order chi connectivity index (χ1) is 10.4. The number of rotatable bonds is 4. The molecule has 0 fully saturated rings. The highest BCUT2D eigenvalue weighted by atomic mass is 35.5. The van der Waals surface area contributed by atoms with Gasteiger partial charge in [0.25, 0.3) is 11.6 Å². The van der Waals surface area contributed by atoms with Crippen LogP contribution in [-0.2, 0) is 0 Å². The molecule has 0 unspecified atom stereocenters. The molecule has 0 spiro atoms. The van der Waals surface area contributed by atoms with Crippen molar-refractivity contribution in [2.24, 2.45) is 0 Å². The number of nitro groups is 1. The number of methoxy groups -OCH3 is 1. The molecule has 0 heterocycles. The molecule has 0 aliphatic carbocycles. The maximum atomic E-state index is 12.2. The third kappa shape index (κ3) is 3.35. The SMILES string of the molecule is COc1ccc(C(=O)Nc2cc([N+](=O)[O-])ccc2C)cc1Cl. The van der Waals surface area contributed by atoms with Gasteiger partial charge in [-0.15, -0.1) is 0 Å². The Labute approximate surface area is 131 Å². The van der Waals surface area contributed by atoms with Gasteiger partial charge in [0.15, 0.2) is 0 Å². The molecule has 1 N–H and O–H groups in total. The maximum Gasteiger partial charge on any atom is 0.271 e. The van der Waals surface area contributed by atoms with Crippen LogP contribution >= 0.6 is 11.6 Å². The summed E-state index contributed by atoms with van der Waals surface area (Å²) in [6, 6.07) is 8.90. The highest BCUT2D eigenvalue weighted by molar-refractivity contribution is 6.32. The average molecular weight is 321 g/mol. The molecule has 2 rings (SSSR count). The van der Waals surface area contributed by atoms with E-state index in [4.69, 9.17) is 16.3 Å². The van der Waals surface area contributed by atoms with E-state index in [2.05, 4.69) is 5.32 Å². The third-order valence-electron chi connectivity index (χ3n) is 3.09. The van der Waals surface area contributed by atoms with Crippen molar-refractivity contribution < 1.29 is 14.5 Å². The van der Waals surface area contributed by atoms with Crippen molar-refractivity contribution in [1.82, 2.24) is 0 Å². The molecule has 6 nitrogen and oxygen atoms in total. The van der Waals surface area contributed by atoms with Crippen molar-refractivity contribution in [2.45, 2.75) is 6.92 Å². The van der Waals surface area contributed by atoms with Crippen molar-refractivity contribution in [1.29, 1.82) is 0 Å². The Hall–Kier alpha value is -2.60. The molecule has 0 aliphatic heterocycles. The number of nitro benzene ring substituents is 1. The molecular formula is C15H13ClN2O4. The van der Waals surface area contributed by atoms with Gasteiger partial charge in [-0.3, -0.25) is 14.9 Å². The van der Waals surface area contributed by atoms with Gasteiger partial charge in [0, 0.05) is 17.7 Å². The molecule has 7 heteroatoms. The van der Waals surface area contributed by atoms with Crippen molar-refractivity contribution in [3.8, 4) is 5.75 Å². The topological polar surface area (TPSA) is 81.5 Å². The lowest BCUT2D eigenvalue weighted by atomic mass is 10.1. The summed E-state index contributed by atoms with van der Waals surface area (Å²) in [6.07, 6.45) is 0. The van der Waals surface area contributed by atoms with Gasteiger partial charge < -0.3 is 10.1 Å². The molecule has 0 saturated heterocycles. The van der Waals surface area contributed by atoms with E-state index < -0.39 is 10.8 Å². The molecule has 114 valence electrons. The van der Waals surface area contributed by atoms with Gasteiger partial charge >= 0.3 is 0 Å². The summed E-state index contributed by atoms with van der Waals surface area (Å²) in [4.78, 5) is 22.5. The molecule has 2 aromatic rings. The monoisotopic (exact) mass is 320 g/mol. The number of carbonyl (C=O) groups is 1. The predicted octanol–water partition coefficient (Wildman–Crippen LogP) is 3.82. The van der Waals surface area contributed by atoms with Crippen LogP contribution in [-0.4, -0.2) is 17.9 Å². The summed E-state index contributed by atoms with van der Waals surface area (Å²) in [5, 5.41) is 13.8. The molecule has 0 aromatic heterocycles. The minimum atomic E-state index is -0.515. The van der Waals surface area contributed by atoms with Crippen LogP contribution in [0.3, 0.4) is 0 Å². The number of nitrogens with zero attached hydrogens (tertiary/aromatic N) is 1. The van der Waals surface area contributed by atoms with E-state index in [9.17, 15) is 14.9 Å². The van der Waals surface area contributed by atoms with Crippen molar-refractivity contribution in [3.63, 3.8) is 0 Å². The molecule has 1 amide bonds. The Balaban J connectivity index is 2.27.